The van der Waals surface area contributed by atoms with Crippen molar-refractivity contribution in [3.8, 4) is 0 Å². The first-order valence-corrected chi connectivity index (χ1v) is 7.21. The van der Waals surface area contributed by atoms with Gasteiger partial charge in [-0.15, -0.1) is 0 Å². The first-order valence-electron chi connectivity index (χ1n) is 7.21. The zero-order valence-electron chi connectivity index (χ0n) is 12.3. The highest BCUT2D eigenvalue weighted by molar-refractivity contribution is 5.98. The molecule has 1 aromatic carbocycles. The molecule has 0 saturated heterocycles. The fraction of sp³-hybridized carbons (Fsp3) is 0.222. The minimum Gasteiger partial charge on any atom is -0.294 e. The highest BCUT2D eigenvalue weighted by atomic mass is 16.1. The van der Waals surface area contributed by atoms with Crippen molar-refractivity contribution in [3.63, 3.8) is 0 Å². The molecule has 0 spiro atoms. The molecule has 0 aliphatic rings. The van der Waals surface area contributed by atoms with Crippen molar-refractivity contribution < 1.29 is 4.79 Å². The number of Topliss-reactive ketones (excluding diaryl/α,β-unsaturated/α-hetero) is 1. The summed E-state index contributed by atoms with van der Waals surface area (Å²) < 4.78 is 1.86. The fourth-order valence-electron chi connectivity index (χ4n) is 2.60. The summed E-state index contributed by atoms with van der Waals surface area (Å²) in [6.45, 7) is 4.22. The number of aromatic nitrogens is 2. The number of ketones is 1. The molecule has 0 unspecified atom stereocenters. The van der Waals surface area contributed by atoms with Crippen molar-refractivity contribution in [1.82, 2.24) is 9.61 Å². The SMILES string of the molecule is CC(C)c1nn2ccccc2c1CC(=O)c1ccccc1. The Morgan fingerprint density at radius 2 is 1.81 bits per heavy atom. The van der Waals surface area contributed by atoms with Gasteiger partial charge < -0.3 is 0 Å². The number of carbonyl (C=O) groups is 1. The molecule has 0 aliphatic heterocycles. The Balaban J connectivity index is 2.03. The first-order chi connectivity index (χ1) is 10.2. The van der Waals surface area contributed by atoms with Crippen LogP contribution in [0.15, 0.2) is 54.7 Å². The van der Waals surface area contributed by atoms with Crippen molar-refractivity contribution in [2.75, 3.05) is 0 Å². The molecule has 3 nitrogen and oxygen atoms in total. The molecule has 106 valence electrons. The lowest BCUT2D eigenvalue weighted by atomic mass is 9.97. The maximum Gasteiger partial charge on any atom is 0.167 e. The van der Waals surface area contributed by atoms with Gasteiger partial charge in [0.05, 0.1) is 11.2 Å². The van der Waals surface area contributed by atoms with Gasteiger partial charge in [-0.3, -0.25) is 4.79 Å². The normalized spacial score (nSPS) is 11.2. The van der Waals surface area contributed by atoms with Crippen LogP contribution in [0.4, 0.5) is 0 Å². The van der Waals surface area contributed by atoms with Crippen LogP contribution in [0.5, 0.6) is 0 Å². The van der Waals surface area contributed by atoms with Gasteiger partial charge in [-0.2, -0.15) is 5.10 Å². The Kier molecular flexibility index (Phi) is 3.57. The summed E-state index contributed by atoms with van der Waals surface area (Å²) in [4.78, 5) is 12.5. The van der Waals surface area contributed by atoms with Gasteiger partial charge in [0.2, 0.25) is 0 Å². The number of fused-ring (bicyclic) bond motifs is 1. The summed E-state index contributed by atoms with van der Waals surface area (Å²) in [5, 5.41) is 4.62. The van der Waals surface area contributed by atoms with Crippen LogP contribution in [0, 0.1) is 0 Å². The minimum absolute atomic E-state index is 0.135. The molecule has 0 atom stereocenters. The average Bonchev–Trinajstić information content (AvgIpc) is 2.87. The van der Waals surface area contributed by atoms with Gasteiger partial charge in [0.15, 0.2) is 5.78 Å². The lowest BCUT2D eigenvalue weighted by Gasteiger charge is -2.05. The molecular weight excluding hydrogens is 260 g/mol. The monoisotopic (exact) mass is 278 g/mol. The van der Waals surface area contributed by atoms with Gasteiger partial charge in [-0.1, -0.05) is 50.2 Å². The van der Waals surface area contributed by atoms with Gasteiger partial charge in [-0.05, 0) is 18.1 Å². The molecule has 3 heteroatoms. The topological polar surface area (TPSA) is 34.4 Å². The summed E-state index contributed by atoms with van der Waals surface area (Å²) in [7, 11) is 0. The maximum absolute atomic E-state index is 12.5. The van der Waals surface area contributed by atoms with Crippen molar-refractivity contribution >= 4 is 11.3 Å². The molecule has 2 aromatic heterocycles. The van der Waals surface area contributed by atoms with Gasteiger partial charge in [0.1, 0.15) is 0 Å². The zero-order valence-corrected chi connectivity index (χ0v) is 12.3. The van der Waals surface area contributed by atoms with Crippen molar-refractivity contribution in [1.29, 1.82) is 0 Å². The van der Waals surface area contributed by atoms with E-state index in [9.17, 15) is 4.79 Å². The molecule has 21 heavy (non-hydrogen) atoms. The van der Waals surface area contributed by atoms with E-state index in [-0.39, 0.29) is 5.78 Å². The summed E-state index contributed by atoms with van der Waals surface area (Å²) in [5.74, 6) is 0.430. The molecule has 0 bridgehead atoms. The standard InChI is InChI=1S/C18H18N2O/c1-13(2)18-15(16-10-6-7-11-20(16)19-18)12-17(21)14-8-4-3-5-9-14/h3-11,13H,12H2,1-2H3. The number of rotatable bonds is 4. The molecule has 0 aliphatic carbocycles. The van der Waals surface area contributed by atoms with E-state index in [1.54, 1.807) is 0 Å². The maximum atomic E-state index is 12.5. The third-order valence-corrected chi connectivity index (χ3v) is 3.65. The van der Waals surface area contributed by atoms with Crippen LogP contribution < -0.4 is 0 Å². The van der Waals surface area contributed by atoms with Crippen LogP contribution in [-0.2, 0) is 6.42 Å². The predicted octanol–water partition coefficient (Wildman–Crippen LogP) is 3.88. The quantitative estimate of drug-likeness (QED) is 0.679. The highest BCUT2D eigenvalue weighted by Gasteiger charge is 2.18. The van der Waals surface area contributed by atoms with E-state index in [4.69, 9.17) is 0 Å². The summed E-state index contributed by atoms with van der Waals surface area (Å²) in [6.07, 6.45) is 2.32. The number of pyridine rings is 1. The first kappa shape index (κ1) is 13.6. The number of hydrogen-bond donors (Lipinski definition) is 0. The second kappa shape index (κ2) is 5.52. The van der Waals surface area contributed by atoms with Crippen molar-refractivity contribution in [2.24, 2.45) is 0 Å². The second-order valence-electron chi connectivity index (χ2n) is 5.51. The summed E-state index contributed by atoms with van der Waals surface area (Å²) >= 11 is 0. The molecule has 3 aromatic rings. The molecule has 0 radical (unpaired) electrons. The minimum atomic E-state index is 0.135. The molecule has 2 heterocycles. The van der Waals surface area contributed by atoms with Gasteiger partial charge in [-0.25, -0.2) is 4.52 Å². The van der Waals surface area contributed by atoms with Gasteiger partial charge in [0, 0.05) is 23.7 Å². The van der Waals surface area contributed by atoms with Crippen molar-refractivity contribution in [3.05, 3.63) is 71.5 Å². The third-order valence-electron chi connectivity index (χ3n) is 3.65. The van der Waals surface area contributed by atoms with Crippen LogP contribution in [0.25, 0.3) is 5.52 Å². The van der Waals surface area contributed by atoms with E-state index in [1.165, 1.54) is 0 Å². The van der Waals surface area contributed by atoms with Crippen LogP contribution >= 0.6 is 0 Å². The van der Waals surface area contributed by atoms with Crippen LogP contribution in [0.3, 0.4) is 0 Å². The number of nitrogens with zero attached hydrogens (tertiary/aromatic N) is 2. The highest BCUT2D eigenvalue weighted by Crippen LogP contribution is 2.24. The van der Waals surface area contributed by atoms with Crippen LogP contribution in [0.2, 0.25) is 0 Å². The summed E-state index contributed by atoms with van der Waals surface area (Å²) in [6, 6.07) is 15.4. The smallest absolute Gasteiger partial charge is 0.167 e. The Morgan fingerprint density at radius 1 is 1.10 bits per heavy atom. The van der Waals surface area contributed by atoms with E-state index in [0.717, 1.165) is 22.3 Å². The second-order valence-corrected chi connectivity index (χ2v) is 5.51. The van der Waals surface area contributed by atoms with E-state index in [1.807, 2.05) is 59.2 Å². The Labute approximate surface area is 124 Å². The lowest BCUT2D eigenvalue weighted by Crippen LogP contribution is -2.05. The zero-order chi connectivity index (χ0) is 14.8. The Bertz CT molecular complexity index is 772. The van der Waals surface area contributed by atoms with E-state index >= 15 is 0 Å². The molecule has 0 saturated carbocycles. The molecule has 0 fully saturated rings. The van der Waals surface area contributed by atoms with Gasteiger partial charge in [0.25, 0.3) is 0 Å². The summed E-state index contributed by atoms with van der Waals surface area (Å²) in [5.41, 5.74) is 3.82. The molecule has 0 amide bonds. The number of benzene rings is 1. The third kappa shape index (κ3) is 2.59. The van der Waals surface area contributed by atoms with E-state index in [2.05, 4.69) is 18.9 Å². The lowest BCUT2D eigenvalue weighted by molar-refractivity contribution is 0.0993. The Hall–Kier alpha value is -2.42. The average molecular weight is 278 g/mol. The molecular formula is C18H18N2O. The predicted molar refractivity (Wildman–Crippen MR) is 83.8 cm³/mol. The van der Waals surface area contributed by atoms with Crippen LogP contribution in [-0.4, -0.2) is 15.4 Å². The van der Waals surface area contributed by atoms with E-state index in [0.29, 0.717) is 12.3 Å². The fourth-order valence-corrected chi connectivity index (χ4v) is 2.60. The molecule has 0 N–H and O–H groups in total. The largest absolute Gasteiger partial charge is 0.294 e. The number of hydrogen-bond acceptors (Lipinski definition) is 2. The van der Waals surface area contributed by atoms with Crippen LogP contribution in [0.1, 0.15) is 41.4 Å². The molecule has 3 rings (SSSR count). The number of carbonyl (C=O) groups excluding carboxylic acids is 1. The van der Waals surface area contributed by atoms with E-state index < -0.39 is 0 Å². The Morgan fingerprint density at radius 3 is 2.52 bits per heavy atom. The van der Waals surface area contributed by atoms with Gasteiger partial charge >= 0.3 is 0 Å². The van der Waals surface area contributed by atoms with Crippen molar-refractivity contribution in [2.45, 2.75) is 26.2 Å².